The Morgan fingerprint density at radius 2 is 2.00 bits per heavy atom. The van der Waals surface area contributed by atoms with Crippen molar-refractivity contribution in [3.05, 3.63) is 35.4 Å². The van der Waals surface area contributed by atoms with Gasteiger partial charge in [0.1, 0.15) is 0 Å². The molecule has 2 rings (SSSR count). The minimum absolute atomic E-state index is 0.0193. The van der Waals surface area contributed by atoms with E-state index in [9.17, 15) is 18.0 Å². The molecule has 0 fully saturated rings. The minimum atomic E-state index is -4.29. The largest absolute Gasteiger partial charge is 0.394 e. The summed E-state index contributed by atoms with van der Waals surface area (Å²) in [4.78, 5) is 11.1. The van der Waals surface area contributed by atoms with Gasteiger partial charge in [-0.15, -0.1) is 0 Å². The van der Waals surface area contributed by atoms with Crippen molar-refractivity contribution in [1.82, 2.24) is 5.32 Å². The number of amides is 1. The van der Waals surface area contributed by atoms with Crippen molar-refractivity contribution >= 4 is 5.91 Å². The van der Waals surface area contributed by atoms with Crippen molar-refractivity contribution in [2.45, 2.75) is 32.0 Å². The van der Waals surface area contributed by atoms with Gasteiger partial charge in [-0.1, -0.05) is 24.3 Å². The summed E-state index contributed by atoms with van der Waals surface area (Å²) in [6.07, 6.45) is -3.87. The van der Waals surface area contributed by atoms with Crippen LogP contribution in [0.5, 0.6) is 0 Å². The van der Waals surface area contributed by atoms with E-state index in [1.807, 2.05) is 6.07 Å². The van der Waals surface area contributed by atoms with Gasteiger partial charge >= 0.3 is 6.18 Å². The number of carbonyl (C=O) groups is 1. The molecule has 0 heterocycles. The third kappa shape index (κ3) is 2.49. The van der Waals surface area contributed by atoms with Gasteiger partial charge in [0.25, 0.3) is 0 Å². The maximum absolute atomic E-state index is 13.0. The molecular weight excluding hydrogens is 243 g/mol. The third-order valence-corrected chi connectivity index (χ3v) is 3.30. The number of fused-ring (bicyclic) bond motifs is 1. The van der Waals surface area contributed by atoms with E-state index in [2.05, 4.69) is 5.32 Å². The smallest absolute Gasteiger partial charge is 0.349 e. The van der Waals surface area contributed by atoms with Gasteiger partial charge in [0, 0.05) is 6.92 Å². The molecule has 0 saturated heterocycles. The Bertz CT molecular complexity index is 456. The Balaban J connectivity index is 2.39. The Morgan fingerprint density at radius 3 is 2.61 bits per heavy atom. The summed E-state index contributed by atoms with van der Waals surface area (Å²) >= 11 is 0. The Morgan fingerprint density at radius 1 is 1.33 bits per heavy atom. The predicted molar refractivity (Wildman–Crippen MR) is 60.9 cm³/mol. The van der Waals surface area contributed by atoms with Gasteiger partial charge < -0.3 is 5.32 Å². The molecule has 0 saturated carbocycles. The number of hydrogen-bond donors (Lipinski definition) is 1. The molecule has 98 valence electrons. The number of benzene rings is 1. The lowest BCUT2D eigenvalue weighted by Crippen LogP contribution is -2.41. The lowest BCUT2D eigenvalue weighted by atomic mass is 9.79. The second-order valence-corrected chi connectivity index (χ2v) is 4.56. The van der Waals surface area contributed by atoms with E-state index in [4.69, 9.17) is 0 Å². The van der Waals surface area contributed by atoms with Gasteiger partial charge in [0.15, 0.2) is 0 Å². The highest BCUT2D eigenvalue weighted by Crippen LogP contribution is 2.43. The first-order chi connectivity index (χ1) is 8.39. The van der Waals surface area contributed by atoms with Crippen LogP contribution in [0, 0.1) is 5.92 Å². The van der Waals surface area contributed by atoms with Crippen LogP contribution in [0.25, 0.3) is 0 Å². The van der Waals surface area contributed by atoms with E-state index in [-0.39, 0.29) is 6.42 Å². The molecule has 0 radical (unpaired) electrons. The van der Waals surface area contributed by atoms with Crippen LogP contribution in [0.1, 0.15) is 30.5 Å². The number of hydrogen-bond acceptors (Lipinski definition) is 1. The van der Waals surface area contributed by atoms with Crippen LogP contribution in [0.4, 0.5) is 13.2 Å². The standard InChI is InChI=1S/C13H14F3NO/c1-8(18)17-12-10-5-3-2-4-9(10)6-7-11(12)13(14,15)16/h2-5,11-12H,6-7H2,1H3,(H,17,18). The normalized spacial score (nSPS) is 23.3. The highest BCUT2D eigenvalue weighted by Gasteiger charge is 2.47. The maximum atomic E-state index is 13.0. The van der Waals surface area contributed by atoms with E-state index in [0.29, 0.717) is 12.0 Å². The molecule has 1 aliphatic carbocycles. The second kappa shape index (κ2) is 4.63. The van der Waals surface area contributed by atoms with Crippen molar-refractivity contribution in [2.75, 3.05) is 0 Å². The van der Waals surface area contributed by atoms with Crippen LogP contribution in [0.15, 0.2) is 24.3 Å². The lowest BCUT2D eigenvalue weighted by molar-refractivity contribution is -0.186. The fourth-order valence-corrected chi connectivity index (χ4v) is 2.51. The first kappa shape index (κ1) is 12.9. The summed E-state index contributed by atoms with van der Waals surface area (Å²) in [6, 6.07) is 6.02. The summed E-state index contributed by atoms with van der Waals surface area (Å²) in [7, 11) is 0. The van der Waals surface area contributed by atoms with Gasteiger partial charge in [-0.2, -0.15) is 13.2 Å². The molecule has 5 heteroatoms. The summed E-state index contributed by atoms with van der Waals surface area (Å²) < 4.78 is 39.0. The van der Waals surface area contributed by atoms with Gasteiger partial charge in [-0.3, -0.25) is 4.79 Å². The fraction of sp³-hybridized carbons (Fsp3) is 0.462. The van der Waals surface area contributed by atoms with Gasteiger partial charge in [0.2, 0.25) is 5.91 Å². The van der Waals surface area contributed by atoms with Crippen molar-refractivity contribution in [3.8, 4) is 0 Å². The van der Waals surface area contributed by atoms with E-state index >= 15 is 0 Å². The zero-order chi connectivity index (χ0) is 13.3. The molecule has 0 aromatic heterocycles. The molecular formula is C13H14F3NO. The Labute approximate surface area is 103 Å². The van der Waals surface area contributed by atoms with Gasteiger partial charge in [0.05, 0.1) is 12.0 Å². The van der Waals surface area contributed by atoms with E-state index in [0.717, 1.165) is 5.56 Å². The highest BCUT2D eigenvalue weighted by atomic mass is 19.4. The van der Waals surface area contributed by atoms with Crippen molar-refractivity contribution in [2.24, 2.45) is 5.92 Å². The van der Waals surface area contributed by atoms with Crippen molar-refractivity contribution in [1.29, 1.82) is 0 Å². The Kier molecular flexibility index (Phi) is 3.32. The van der Waals surface area contributed by atoms with Crippen LogP contribution < -0.4 is 5.32 Å². The number of alkyl halides is 3. The van der Waals surface area contributed by atoms with Gasteiger partial charge in [-0.05, 0) is 24.0 Å². The zero-order valence-corrected chi connectivity index (χ0v) is 9.92. The number of aryl methyl sites for hydroxylation is 1. The first-order valence-electron chi connectivity index (χ1n) is 5.81. The van der Waals surface area contributed by atoms with Crippen LogP contribution >= 0.6 is 0 Å². The van der Waals surface area contributed by atoms with Crippen molar-refractivity contribution in [3.63, 3.8) is 0 Å². The molecule has 0 bridgehead atoms. The third-order valence-electron chi connectivity index (χ3n) is 3.30. The van der Waals surface area contributed by atoms with Crippen LogP contribution in [0.3, 0.4) is 0 Å². The molecule has 0 spiro atoms. The molecule has 1 aromatic rings. The molecule has 2 nitrogen and oxygen atoms in total. The zero-order valence-electron chi connectivity index (χ0n) is 9.92. The van der Waals surface area contributed by atoms with Crippen LogP contribution in [0.2, 0.25) is 0 Å². The van der Waals surface area contributed by atoms with E-state index in [1.54, 1.807) is 18.2 Å². The van der Waals surface area contributed by atoms with Crippen molar-refractivity contribution < 1.29 is 18.0 Å². The van der Waals surface area contributed by atoms with Crippen LogP contribution in [-0.2, 0) is 11.2 Å². The molecule has 1 aliphatic rings. The molecule has 2 unspecified atom stereocenters. The van der Waals surface area contributed by atoms with E-state index < -0.39 is 24.0 Å². The Hall–Kier alpha value is -1.52. The quantitative estimate of drug-likeness (QED) is 0.823. The monoisotopic (exact) mass is 257 g/mol. The summed E-state index contributed by atoms with van der Waals surface area (Å²) in [6.45, 7) is 1.24. The molecule has 1 amide bonds. The minimum Gasteiger partial charge on any atom is -0.349 e. The molecule has 1 N–H and O–H groups in total. The number of carbonyl (C=O) groups excluding carboxylic acids is 1. The summed E-state index contributed by atoms with van der Waals surface area (Å²) in [5, 5.41) is 2.44. The number of halogens is 3. The lowest BCUT2D eigenvalue weighted by Gasteiger charge is -2.35. The summed E-state index contributed by atoms with van der Waals surface area (Å²) in [5.74, 6) is -1.94. The average molecular weight is 257 g/mol. The average Bonchev–Trinajstić information content (AvgIpc) is 2.27. The molecule has 0 aliphatic heterocycles. The maximum Gasteiger partial charge on any atom is 0.394 e. The van der Waals surface area contributed by atoms with E-state index in [1.165, 1.54) is 6.92 Å². The molecule has 18 heavy (non-hydrogen) atoms. The molecule has 2 atom stereocenters. The molecule has 1 aromatic carbocycles. The predicted octanol–water partition coefficient (Wildman–Crippen LogP) is 2.99. The number of nitrogens with one attached hydrogen (secondary N) is 1. The topological polar surface area (TPSA) is 29.1 Å². The summed E-state index contributed by atoms with van der Waals surface area (Å²) in [5.41, 5.74) is 1.47. The number of rotatable bonds is 1. The second-order valence-electron chi connectivity index (χ2n) is 4.56. The first-order valence-corrected chi connectivity index (χ1v) is 5.81. The fourth-order valence-electron chi connectivity index (χ4n) is 2.51. The van der Waals surface area contributed by atoms with Gasteiger partial charge in [-0.25, -0.2) is 0 Å². The SMILES string of the molecule is CC(=O)NC1c2ccccc2CCC1C(F)(F)F. The highest BCUT2D eigenvalue weighted by molar-refractivity contribution is 5.73. The van der Waals surface area contributed by atoms with Crippen LogP contribution in [-0.4, -0.2) is 12.1 Å².